The maximum Gasteiger partial charge on any atom is 0.341 e. The van der Waals surface area contributed by atoms with Crippen molar-refractivity contribution in [3.63, 3.8) is 0 Å². The van der Waals surface area contributed by atoms with Gasteiger partial charge in [0.25, 0.3) is 0 Å². The van der Waals surface area contributed by atoms with E-state index in [1.54, 1.807) is 0 Å². The normalized spacial score (nSPS) is 11.7. The zero-order valence-corrected chi connectivity index (χ0v) is 28.0. The van der Waals surface area contributed by atoms with Crippen molar-refractivity contribution in [1.29, 1.82) is 0 Å². The zero-order valence-electron chi connectivity index (χ0n) is 26.4. The first-order valence-corrected chi connectivity index (χ1v) is 16.4. The van der Waals surface area contributed by atoms with E-state index in [4.69, 9.17) is 21.7 Å². The molecule has 42 heavy (non-hydrogen) atoms. The van der Waals surface area contributed by atoms with Crippen LogP contribution in [-0.4, -0.2) is 30.8 Å². The highest BCUT2D eigenvalue weighted by Gasteiger charge is 2.26. The van der Waals surface area contributed by atoms with Gasteiger partial charge in [-0.15, -0.1) is 11.3 Å². The van der Waals surface area contributed by atoms with Gasteiger partial charge in [-0.05, 0) is 78.9 Å². The third-order valence-electron chi connectivity index (χ3n) is 8.10. The second-order valence-corrected chi connectivity index (χ2v) is 13.5. The van der Waals surface area contributed by atoms with Gasteiger partial charge in [-0.25, -0.2) is 4.79 Å². The molecule has 0 amide bonds. The van der Waals surface area contributed by atoms with Crippen LogP contribution in [0.15, 0.2) is 54.6 Å². The summed E-state index contributed by atoms with van der Waals surface area (Å²) in [4.78, 5) is 13.7. The number of anilines is 1. The number of thiocarbonyl (C=S) groups is 1. The zero-order chi connectivity index (χ0) is 30.8. The summed E-state index contributed by atoms with van der Waals surface area (Å²) in [7, 11) is 0. The van der Waals surface area contributed by atoms with E-state index in [9.17, 15) is 4.79 Å². The Morgan fingerprint density at radius 1 is 0.929 bits per heavy atom. The molecule has 0 saturated heterocycles. The molecule has 0 bridgehead atoms. The number of ether oxygens (including phenoxy) is 2. The van der Waals surface area contributed by atoms with Crippen molar-refractivity contribution in [2.75, 3.05) is 25.1 Å². The Morgan fingerprint density at radius 2 is 1.64 bits per heavy atom. The number of thiophene rings is 1. The van der Waals surface area contributed by atoms with Crippen molar-refractivity contribution < 1.29 is 14.3 Å². The Morgan fingerprint density at radius 3 is 2.31 bits per heavy atom. The molecule has 7 heteroatoms. The van der Waals surface area contributed by atoms with Gasteiger partial charge >= 0.3 is 5.97 Å². The largest absolute Gasteiger partial charge is 0.493 e. The molecular formula is C35H48N2O3S2. The number of carbonyl (C=O) groups is 1. The van der Waals surface area contributed by atoms with E-state index in [1.807, 2.05) is 31.2 Å². The average Bonchev–Trinajstić information content (AvgIpc) is 3.37. The molecule has 5 nitrogen and oxygen atoms in total. The SMILES string of the molecule is CCOC(=O)c1cc(Cc2ccccc2)sc1NC(=S)NCCCCOc1ccc(C(C)(C)CC)cc1C(C)(C)CC. The van der Waals surface area contributed by atoms with Gasteiger partial charge in [0.15, 0.2) is 5.11 Å². The maximum atomic E-state index is 12.6. The Labute approximate surface area is 262 Å². The lowest BCUT2D eigenvalue weighted by Crippen LogP contribution is -2.29. The van der Waals surface area contributed by atoms with Gasteiger partial charge in [0.05, 0.1) is 18.8 Å². The fourth-order valence-electron chi connectivity index (χ4n) is 4.54. The van der Waals surface area contributed by atoms with Gasteiger partial charge in [-0.2, -0.15) is 0 Å². The first-order chi connectivity index (χ1) is 20.0. The number of nitrogens with one attached hydrogen (secondary N) is 2. The van der Waals surface area contributed by atoms with Crippen molar-refractivity contribution in [2.24, 2.45) is 0 Å². The molecular weight excluding hydrogens is 561 g/mol. The number of unbranched alkanes of at least 4 members (excludes halogenated alkanes) is 1. The molecule has 0 atom stereocenters. The highest BCUT2D eigenvalue weighted by Crippen LogP contribution is 2.38. The van der Waals surface area contributed by atoms with Gasteiger partial charge in [0.2, 0.25) is 0 Å². The summed E-state index contributed by atoms with van der Waals surface area (Å²) in [5.41, 5.74) is 4.54. The Hall–Kier alpha value is -2.90. The van der Waals surface area contributed by atoms with Crippen LogP contribution < -0.4 is 15.4 Å². The van der Waals surface area contributed by atoms with E-state index >= 15 is 0 Å². The molecule has 228 valence electrons. The number of carbonyl (C=O) groups excluding carboxylic acids is 1. The summed E-state index contributed by atoms with van der Waals surface area (Å²) in [5, 5.41) is 7.72. The number of benzene rings is 2. The molecule has 0 aliphatic carbocycles. The van der Waals surface area contributed by atoms with Crippen LogP contribution in [0, 0.1) is 0 Å². The van der Waals surface area contributed by atoms with Crippen molar-refractivity contribution in [2.45, 2.75) is 91.4 Å². The molecule has 3 aromatic rings. The van der Waals surface area contributed by atoms with E-state index in [-0.39, 0.29) is 16.8 Å². The molecule has 0 saturated carbocycles. The molecule has 3 rings (SSSR count). The van der Waals surface area contributed by atoms with Crippen molar-refractivity contribution in [3.05, 3.63) is 81.7 Å². The van der Waals surface area contributed by atoms with Crippen LogP contribution in [0.4, 0.5) is 5.00 Å². The lowest BCUT2D eigenvalue weighted by atomic mass is 9.76. The number of hydrogen-bond acceptors (Lipinski definition) is 5. The summed E-state index contributed by atoms with van der Waals surface area (Å²) in [6.45, 7) is 17.2. The van der Waals surface area contributed by atoms with E-state index in [1.165, 1.54) is 28.0 Å². The third kappa shape index (κ3) is 9.30. The first kappa shape index (κ1) is 33.6. The third-order valence-corrected chi connectivity index (χ3v) is 9.40. The molecule has 0 aliphatic rings. The molecule has 0 unspecified atom stereocenters. The average molecular weight is 609 g/mol. The van der Waals surface area contributed by atoms with Crippen molar-refractivity contribution in [1.82, 2.24) is 5.32 Å². The lowest BCUT2D eigenvalue weighted by Gasteiger charge is -2.30. The number of esters is 1. The predicted molar refractivity (Wildman–Crippen MR) is 182 cm³/mol. The molecule has 0 spiro atoms. The summed E-state index contributed by atoms with van der Waals surface area (Å²) < 4.78 is 11.6. The molecule has 2 N–H and O–H groups in total. The van der Waals surface area contributed by atoms with Crippen LogP contribution in [0.25, 0.3) is 0 Å². The molecule has 0 fully saturated rings. The Kier molecular flexibility index (Phi) is 12.4. The lowest BCUT2D eigenvalue weighted by molar-refractivity contribution is 0.0528. The molecule has 0 radical (unpaired) electrons. The van der Waals surface area contributed by atoms with E-state index in [0.717, 1.165) is 42.7 Å². The quantitative estimate of drug-likeness (QED) is 0.102. The molecule has 1 aromatic heterocycles. The highest BCUT2D eigenvalue weighted by molar-refractivity contribution is 7.80. The highest BCUT2D eigenvalue weighted by atomic mass is 32.1. The van der Waals surface area contributed by atoms with Gasteiger partial charge in [-0.1, -0.05) is 84.0 Å². The van der Waals surface area contributed by atoms with Crippen molar-refractivity contribution in [3.8, 4) is 5.75 Å². The van der Waals surface area contributed by atoms with Gasteiger partial charge < -0.3 is 20.1 Å². The fourth-order valence-corrected chi connectivity index (χ4v) is 5.89. The van der Waals surface area contributed by atoms with Crippen LogP contribution >= 0.6 is 23.6 Å². The minimum absolute atomic E-state index is 0.0414. The van der Waals surface area contributed by atoms with Crippen LogP contribution in [0.2, 0.25) is 0 Å². The standard InChI is InChI=1S/C35H48N2O3S2/c1-8-34(4,5)26-18-19-30(29(23-26)35(6,7)9-2)40-21-15-14-20-36-33(41)37-31-28(32(38)39-10-3)24-27(42-31)22-25-16-12-11-13-17-25/h11-13,16-19,23-24H,8-10,14-15,20-22H2,1-7H3,(H2,36,37,41). The van der Waals surface area contributed by atoms with Gasteiger partial charge in [0.1, 0.15) is 10.8 Å². The fraction of sp³-hybridized carbons (Fsp3) is 0.486. The smallest absolute Gasteiger partial charge is 0.341 e. The Balaban J connectivity index is 1.53. The van der Waals surface area contributed by atoms with Crippen molar-refractivity contribution >= 4 is 39.6 Å². The van der Waals surface area contributed by atoms with E-state index in [0.29, 0.717) is 35.4 Å². The maximum absolute atomic E-state index is 12.6. The van der Waals surface area contributed by atoms with Crippen LogP contribution in [0.3, 0.4) is 0 Å². The van der Waals surface area contributed by atoms with Crippen LogP contribution in [-0.2, 0) is 22.0 Å². The van der Waals surface area contributed by atoms with Gasteiger partial charge in [-0.3, -0.25) is 0 Å². The number of rotatable bonds is 15. The van der Waals surface area contributed by atoms with Gasteiger partial charge in [0, 0.05) is 23.4 Å². The van der Waals surface area contributed by atoms with Crippen LogP contribution in [0.5, 0.6) is 5.75 Å². The minimum Gasteiger partial charge on any atom is -0.493 e. The first-order valence-electron chi connectivity index (χ1n) is 15.2. The Bertz CT molecular complexity index is 1320. The number of hydrogen-bond donors (Lipinski definition) is 2. The van der Waals surface area contributed by atoms with Crippen LogP contribution in [0.1, 0.15) is 106 Å². The van der Waals surface area contributed by atoms with E-state index < -0.39 is 0 Å². The monoisotopic (exact) mass is 608 g/mol. The second kappa shape index (κ2) is 15.5. The summed E-state index contributed by atoms with van der Waals surface area (Å²) in [6, 6.07) is 18.9. The summed E-state index contributed by atoms with van der Waals surface area (Å²) in [6.07, 6.45) is 4.69. The molecule has 0 aliphatic heterocycles. The minimum atomic E-state index is -0.340. The second-order valence-electron chi connectivity index (χ2n) is 12.0. The molecule has 2 aromatic carbocycles. The van der Waals surface area contributed by atoms with E-state index in [2.05, 4.69) is 82.5 Å². The summed E-state index contributed by atoms with van der Waals surface area (Å²) in [5.74, 6) is 0.644. The summed E-state index contributed by atoms with van der Waals surface area (Å²) >= 11 is 7.10. The molecule has 1 heterocycles. The topological polar surface area (TPSA) is 59.6 Å². The predicted octanol–water partition coefficient (Wildman–Crippen LogP) is 9.04.